The fourth-order valence-electron chi connectivity index (χ4n) is 2.94. The lowest BCUT2D eigenvalue weighted by molar-refractivity contribution is 0.231. The molecule has 2 saturated heterocycles. The largest absolute Gasteiger partial charge is 0.474 e. The fraction of sp³-hybridized carbons (Fsp3) is 0.714. The first-order valence-electron chi connectivity index (χ1n) is 7.20. The molecule has 1 N–H and O–H groups in total. The van der Waals surface area contributed by atoms with E-state index in [0.717, 1.165) is 18.9 Å². The average Bonchev–Trinajstić information content (AvgIpc) is 2.68. The molecule has 2 atom stereocenters. The molecule has 2 fully saturated rings. The van der Waals surface area contributed by atoms with Gasteiger partial charge in [-0.25, -0.2) is 0 Å². The summed E-state index contributed by atoms with van der Waals surface area (Å²) in [6, 6.07) is 1.29. The Morgan fingerprint density at radius 2 is 2.11 bits per heavy atom. The maximum absolute atomic E-state index is 5.62. The second-order valence-electron chi connectivity index (χ2n) is 5.75. The van der Waals surface area contributed by atoms with Gasteiger partial charge in [0.15, 0.2) is 5.82 Å². The number of nitrogens with zero attached hydrogens (tertiary/aromatic N) is 3. The van der Waals surface area contributed by atoms with Crippen LogP contribution in [-0.2, 0) is 0 Å². The van der Waals surface area contributed by atoms with Crippen LogP contribution in [0.4, 0.5) is 5.82 Å². The lowest BCUT2D eigenvalue weighted by Crippen LogP contribution is -2.35. The van der Waals surface area contributed by atoms with Crippen LogP contribution in [0.5, 0.6) is 5.88 Å². The molecule has 2 aliphatic heterocycles. The molecule has 1 aromatic heterocycles. The van der Waals surface area contributed by atoms with Crippen LogP contribution in [0.25, 0.3) is 0 Å². The van der Waals surface area contributed by atoms with Gasteiger partial charge in [0, 0.05) is 25.2 Å². The summed E-state index contributed by atoms with van der Waals surface area (Å²) in [4.78, 5) is 11.2. The molecule has 0 spiro atoms. The smallest absolute Gasteiger partial charge is 0.234 e. The first-order chi connectivity index (χ1) is 9.20. The van der Waals surface area contributed by atoms with Gasteiger partial charge in [0.2, 0.25) is 5.88 Å². The topological polar surface area (TPSA) is 50.3 Å². The Kier molecular flexibility index (Phi) is 3.55. The van der Waals surface area contributed by atoms with Gasteiger partial charge in [-0.15, -0.1) is 0 Å². The van der Waals surface area contributed by atoms with Gasteiger partial charge in [-0.2, -0.15) is 4.98 Å². The van der Waals surface area contributed by atoms with Crippen LogP contribution in [0.1, 0.15) is 33.1 Å². The Labute approximate surface area is 114 Å². The predicted octanol–water partition coefficient (Wildman–Crippen LogP) is 1.59. The van der Waals surface area contributed by atoms with Gasteiger partial charge in [-0.05, 0) is 33.1 Å². The van der Waals surface area contributed by atoms with E-state index in [1.807, 2.05) is 20.0 Å². The van der Waals surface area contributed by atoms with E-state index in [1.54, 1.807) is 6.20 Å². The molecule has 5 nitrogen and oxygen atoms in total. The molecule has 0 saturated carbocycles. The van der Waals surface area contributed by atoms with Gasteiger partial charge < -0.3 is 15.0 Å². The zero-order valence-corrected chi connectivity index (χ0v) is 11.7. The number of rotatable bonds is 3. The molecule has 104 valence electrons. The first kappa shape index (κ1) is 12.7. The number of nitrogens with one attached hydrogen (secondary N) is 1. The van der Waals surface area contributed by atoms with Gasteiger partial charge in [0.25, 0.3) is 0 Å². The average molecular weight is 262 g/mol. The normalized spacial score (nSPS) is 26.6. The summed E-state index contributed by atoms with van der Waals surface area (Å²) in [6.07, 6.45) is 7.44. The minimum Gasteiger partial charge on any atom is -0.474 e. The second-order valence-corrected chi connectivity index (χ2v) is 5.75. The van der Waals surface area contributed by atoms with E-state index < -0.39 is 0 Å². The highest BCUT2D eigenvalue weighted by atomic mass is 16.5. The van der Waals surface area contributed by atoms with Gasteiger partial charge in [-0.3, -0.25) is 4.98 Å². The highest BCUT2D eigenvalue weighted by Gasteiger charge is 2.29. The highest BCUT2D eigenvalue weighted by molar-refractivity contribution is 5.38. The van der Waals surface area contributed by atoms with Crippen molar-refractivity contribution in [3.63, 3.8) is 0 Å². The van der Waals surface area contributed by atoms with Crippen LogP contribution < -0.4 is 15.0 Å². The predicted molar refractivity (Wildman–Crippen MR) is 74.6 cm³/mol. The third-order valence-corrected chi connectivity index (χ3v) is 3.80. The highest BCUT2D eigenvalue weighted by Crippen LogP contribution is 2.24. The van der Waals surface area contributed by atoms with Gasteiger partial charge >= 0.3 is 0 Å². The van der Waals surface area contributed by atoms with E-state index in [2.05, 4.69) is 20.2 Å². The third-order valence-electron chi connectivity index (χ3n) is 3.80. The molecule has 0 aliphatic carbocycles. The molecule has 3 rings (SSSR count). The van der Waals surface area contributed by atoms with Crippen molar-refractivity contribution in [1.29, 1.82) is 0 Å². The van der Waals surface area contributed by atoms with Crippen molar-refractivity contribution in [1.82, 2.24) is 15.3 Å². The minimum atomic E-state index is 0.131. The molecule has 2 unspecified atom stereocenters. The zero-order chi connectivity index (χ0) is 13.2. The number of aromatic nitrogens is 2. The Morgan fingerprint density at radius 1 is 1.26 bits per heavy atom. The number of hydrogen-bond donors (Lipinski definition) is 1. The summed E-state index contributed by atoms with van der Waals surface area (Å²) in [5.74, 6) is 1.56. The number of fused-ring (bicyclic) bond motifs is 2. The van der Waals surface area contributed by atoms with E-state index in [9.17, 15) is 0 Å². The van der Waals surface area contributed by atoms with Gasteiger partial charge in [-0.1, -0.05) is 0 Å². The SMILES string of the molecule is CC(C)Oc1cncc(N2CCC3CCC(C2)N3)n1. The van der Waals surface area contributed by atoms with Crippen LogP contribution in [0.3, 0.4) is 0 Å². The van der Waals surface area contributed by atoms with Crippen molar-refractivity contribution in [3.8, 4) is 5.88 Å². The number of ether oxygens (including phenoxy) is 1. The van der Waals surface area contributed by atoms with Crippen LogP contribution >= 0.6 is 0 Å². The van der Waals surface area contributed by atoms with E-state index in [0.29, 0.717) is 18.0 Å². The molecular formula is C14H22N4O. The molecule has 5 heteroatoms. The third kappa shape index (κ3) is 2.97. The van der Waals surface area contributed by atoms with Gasteiger partial charge in [0.1, 0.15) is 0 Å². The Balaban J connectivity index is 1.74. The second kappa shape index (κ2) is 5.33. The first-order valence-corrected chi connectivity index (χ1v) is 7.20. The lowest BCUT2D eigenvalue weighted by atomic mass is 10.1. The molecule has 2 aliphatic rings. The van der Waals surface area contributed by atoms with Crippen LogP contribution in [0, 0.1) is 0 Å². The van der Waals surface area contributed by atoms with Gasteiger partial charge in [0.05, 0.1) is 18.5 Å². The molecule has 0 aromatic carbocycles. The maximum Gasteiger partial charge on any atom is 0.234 e. The standard InChI is InChI=1S/C14H22N4O/c1-10(2)19-14-8-15-7-13(17-14)18-6-5-11-3-4-12(9-18)16-11/h7-8,10-12,16H,3-6,9H2,1-2H3. The summed E-state index contributed by atoms with van der Waals surface area (Å²) in [5.41, 5.74) is 0. The molecule has 2 bridgehead atoms. The molecule has 1 aromatic rings. The summed E-state index contributed by atoms with van der Waals surface area (Å²) in [7, 11) is 0. The molecule has 19 heavy (non-hydrogen) atoms. The van der Waals surface area contributed by atoms with Crippen LogP contribution in [-0.4, -0.2) is 41.2 Å². The van der Waals surface area contributed by atoms with Crippen molar-refractivity contribution in [2.24, 2.45) is 0 Å². The van der Waals surface area contributed by atoms with E-state index in [1.165, 1.54) is 19.3 Å². The van der Waals surface area contributed by atoms with E-state index in [-0.39, 0.29) is 6.10 Å². The fourth-order valence-corrected chi connectivity index (χ4v) is 2.94. The summed E-state index contributed by atoms with van der Waals surface area (Å²) < 4.78 is 5.62. The van der Waals surface area contributed by atoms with E-state index >= 15 is 0 Å². The Morgan fingerprint density at radius 3 is 2.95 bits per heavy atom. The van der Waals surface area contributed by atoms with Crippen LogP contribution in [0.15, 0.2) is 12.4 Å². The summed E-state index contributed by atoms with van der Waals surface area (Å²) >= 11 is 0. The minimum absolute atomic E-state index is 0.131. The van der Waals surface area contributed by atoms with Crippen molar-refractivity contribution in [2.75, 3.05) is 18.0 Å². The van der Waals surface area contributed by atoms with Crippen molar-refractivity contribution in [3.05, 3.63) is 12.4 Å². The van der Waals surface area contributed by atoms with Crippen molar-refractivity contribution in [2.45, 2.75) is 51.3 Å². The quantitative estimate of drug-likeness (QED) is 0.896. The zero-order valence-electron chi connectivity index (χ0n) is 11.7. The summed E-state index contributed by atoms with van der Waals surface area (Å²) in [5, 5.41) is 3.68. The Hall–Kier alpha value is -1.36. The van der Waals surface area contributed by atoms with Crippen LogP contribution in [0.2, 0.25) is 0 Å². The number of anilines is 1. The molecule has 0 radical (unpaired) electrons. The monoisotopic (exact) mass is 262 g/mol. The summed E-state index contributed by atoms with van der Waals surface area (Å²) in [6.45, 7) is 6.08. The van der Waals surface area contributed by atoms with E-state index in [4.69, 9.17) is 4.74 Å². The van der Waals surface area contributed by atoms with Crippen molar-refractivity contribution < 1.29 is 4.74 Å². The molecular weight excluding hydrogens is 240 g/mol. The molecule has 3 heterocycles. The molecule has 0 amide bonds. The van der Waals surface area contributed by atoms with Crippen molar-refractivity contribution >= 4 is 5.82 Å². The maximum atomic E-state index is 5.62. The Bertz CT molecular complexity index is 437. The lowest BCUT2D eigenvalue weighted by Gasteiger charge is -2.25. The number of hydrogen-bond acceptors (Lipinski definition) is 5.